The Morgan fingerprint density at radius 1 is 1.57 bits per heavy atom. The number of amides is 2. The van der Waals surface area contributed by atoms with Crippen LogP contribution in [0.3, 0.4) is 0 Å². The summed E-state index contributed by atoms with van der Waals surface area (Å²) < 4.78 is 1.98. The second kappa shape index (κ2) is 6.74. The van der Waals surface area contributed by atoms with E-state index in [-0.39, 0.29) is 17.7 Å². The van der Waals surface area contributed by atoms with Gasteiger partial charge in [-0.3, -0.25) is 14.3 Å². The highest BCUT2D eigenvalue weighted by Gasteiger charge is 2.24. The molecule has 2 atom stereocenters. The molecule has 6 heteroatoms. The molecule has 0 radical (unpaired) electrons. The third kappa shape index (κ3) is 4.31. The Bertz CT molecular complexity index is 514. The van der Waals surface area contributed by atoms with Gasteiger partial charge in [0.05, 0.1) is 11.6 Å². The topological polar surface area (TPSA) is 76.0 Å². The molecule has 2 unspecified atom stereocenters. The molecule has 1 aliphatic rings. The van der Waals surface area contributed by atoms with Crippen molar-refractivity contribution >= 4 is 11.8 Å². The van der Waals surface area contributed by atoms with Gasteiger partial charge in [0.25, 0.3) is 0 Å². The molecule has 1 aromatic rings. The molecule has 2 N–H and O–H groups in total. The van der Waals surface area contributed by atoms with Crippen LogP contribution in [-0.2, 0) is 16.1 Å². The normalized spacial score (nSPS) is 20.0. The van der Waals surface area contributed by atoms with Crippen molar-refractivity contribution in [2.45, 2.75) is 40.2 Å². The van der Waals surface area contributed by atoms with Crippen LogP contribution >= 0.6 is 0 Å². The highest BCUT2D eigenvalue weighted by Crippen LogP contribution is 2.11. The molecule has 2 amide bonds. The van der Waals surface area contributed by atoms with E-state index in [2.05, 4.69) is 28.7 Å². The van der Waals surface area contributed by atoms with Crippen LogP contribution in [-0.4, -0.2) is 34.7 Å². The first-order valence-electron chi connectivity index (χ1n) is 7.51. The van der Waals surface area contributed by atoms with E-state index < -0.39 is 0 Å². The molecule has 0 spiro atoms. The van der Waals surface area contributed by atoms with Gasteiger partial charge in [0.15, 0.2) is 0 Å². The number of carbonyl (C=O) groups is 2. The molecule has 21 heavy (non-hydrogen) atoms. The van der Waals surface area contributed by atoms with Gasteiger partial charge in [0.1, 0.15) is 0 Å². The number of carbonyl (C=O) groups excluding carboxylic acids is 2. The minimum absolute atomic E-state index is 0.0372. The van der Waals surface area contributed by atoms with E-state index in [0.717, 1.165) is 17.9 Å². The molecule has 2 rings (SSSR count). The van der Waals surface area contributed by atoms with Crippen LogP contribution < -0.4 is 10.6 Å². The molecule has 6 nitrogen and oxygen atoms in total. The zero-order chi connectivity index (χ0) is 15.4. The maximum absolute atomic E-state index is 12.0. The third-order valence-electron chi connectivity index (χ3n) is 3.85. The average Bonchev–Trinajstić information content (AvgIpc) is 2.75. The SMILES string of the molecule is Cc1cc(C)n(CC(C)CNC(=O)C2CCC(=O)NC2)n1. The summed E-state index contributed by atoms with van der Waals surface area (Å²) in [6, 6.07) is 2.05. The monoisotopic (exact) mass is 292 g/mol. The Labute approximate surface area is 125 Å². The Morgan fingerprint density at radius 2 is 2.33 bits per heavy atom. The minimum Gasteiger partial charge on any atom is -0.355 e. The number of hydrogen-bond donors (Lipinski definition) is 2. The van der Waals surface area contributed by atoms with Crippen molar-refractivity contribution in [3.63, 3.8) is 0 Å². The Hall–Kier alpha value is -1.85. The van der Waals surface area contributed by atoms with Crippen molar-refractivity contribution in [2.24, 2.45) is 11.8 Å². The summed E-state index contributed by atoms with van der Waals surface area (Å²) in [6.45, 7) is 7.99. The van der Waals surface area contributed by atoms with Crippen molar-refractivity contribution in [1.29, 1.82) is 0 Å². The molecule has 1 aromatic heterocycles. The molecule has 2 heterocycles. The van der Waals surface area contributed by atoms with Crippen LogP contribution in [0.15, 0.2) is 6.07 Å². The Kier molecular flexibility index (Phi) is 4.98. The van der Waals surface area contributed by atoms with Gasteiger partial charge < -0.3 is 10.6 Å². The molecule has 0 aliphatic carbocycles. The van der Waals surface area contributed by atoms with Crippen molar-refractivity contribution in [1.82, 2.24) is 20.4 Å². The molecular formula is C15H24N4O2. The first-order valence-corrected chi connectivity index (χ1v) is 7.51. The van der Waals surface area contributed by atoms with Crippen LogP contribution in [0.25, 0.3) is 0 Å². The van der Waals surface area contributed by atoms with Gasteiger partial charge in [-0.05, 0) is 32.3 Å². The lowest BCUT2D eigenvalue weighted by Gasteiger charge is -2.22. The fraction of sp³-hybridized carbons (Fsp3) is 0.667. The number of rotatable bonds is 5. The van der Waals surface area contributed by atoms with Gasteiger partial charge >= 0.3 is 0 Å². The average molecular weight is 292 g/mol. The summed E-state index contributed by atoms with van der Waals surface area (Å²) >= 11 is 0. The molecular weight excluding hydrogens is 268 g/mol. The van der Waals surface area contributed by atoms with E-state index in [1.165, 1.54) is 0 Å². The number of nitrogens with zero attached hydrogens (tertiary/aromatic N) is 2. The van der Waals surface area contributed by atoms with E-state index in [9.17, 15) is 9.59 Å². The highest BCUT2D eigenvalue weighted by molar-refractivity contribution is 5.83. The van der Waals surface area contributed by atoms with Gasteiger partial charge in [-0.15, -0.1) is 0 Å². The lowest BCUT2D eigenvalue weighted by atomic mass is 9.98. The predicted molar refractivity (Wildman–Crippen MR) is 79.6 cm³/mol. The summed E-state index contributed by atoms with van der Waals surface area (Å²) in [7, 11) is 0. The first-order chi connectivity index (χ1) is 9.95. The molecule has 0 aromatic carbocycles. The van der Waals surface area contributed by atoms with E-state index >= 15 is 0 Å². The molecule has 0 bridgehead atoms. The molecule has 0 saturated carbocycles. The zero-order valence-corrected chi connectivity index (χ0v) is 13.0. The summed E-state index contributed by atoms with van der Waals surface area (Å²) in [5, 5.41) is 10.2. The van der Waals surface area contributed by atoms with Crippen molar-refractivity contribution < 1.29 is 9.59 Å². The zero-order valence-electron chi connectivity index (χ0n) is 13.0. The summed E-state index contributed by atoms with van der Waals surface area (Å²) in [4.78, 5) is 23.1. The van der Waals surface area contributed by atoms with E-state index in [4.69, 9.17) is 0 Å². The Balaban J connectivity index is 1.75. The molecule has 116 valence electrons. The van der Waals surface area contributed by atoms with E-state index in [1.54, 1.807) is 0 Å². The van der Waals surface area contributed by atoms with Crippen LogP contribution in [0.5, 0.6) is 0 Å². The van der Waals surface area contributed by atoms with Gasteiger partial charge in [-0.2, -0.15) is 5.10 Å². The maximum Gasteiger partial charge on any atom is 0.224 e. The van der Waals surface area contributed by atoms with E-state index in [0.29, 0.717) is 31.8 Å². The first kappa shape index (κ1) is 15.5. The van der Waals surface area contributed by atoms with Crippen LogP contribution in [0.1, 0.15) is 31.2 Å². The van der Waals surface area contributed by atoms with Gasteiger partial charge in [-0.1, -0.05) is 6.92 Å². The lowest BCUT2D eigenvalue weighted by Crippen LogP contribution is -2.44. The second-order valence-electron chi connectivity index (χ2n) is 6.00. The number of aryl methyl sites for hydroxylation is 2. The van der Waals surface area contributed by atoms with Crippen LogP contribution in [0.4, 0.5) is 0 Å². The van der Waals surface area contributed by atoms with Crippen molar-refractivity contribution in [3.8, 4) is 0 Å². The maximum atomic E-state index is 12.0. The van der Waals surface area contributed by atoms with Gasteiger partial charge in [-0.25, -0.2) is 0 Å². The van der Waals surface area contributed by atoms with Crippen LogP contribution in [0.2, 0.25) is 0 Å². The quantitative estimate of drug-likeness (QED) is 0.842. The van der Waals surface area contributed by atoms with Gasteiger partial charge in [0, 0.05) is 31.7 Å². The fourth-order valence-corrected chi connectivity index (χ4v) is 2.60. The van der Waals surface area contributed by atoms with Crippen molar-refractivity contribution in [2.75, 3.05) is 13.1 Å². The standard InChI is InChI=1S/C15H24N4O2/c1-10(9-19-12(3)6-11(2)18-19)7-17-15(21)13-4-5-14(20)16-8-13/h6,10,13H,4-5,7-9H2,1-3H3,(H,16,20)(H,17,21). The van der Waals surface area contributed by atoms with Crippen molar-refractivity contribution in [3.05, 3.63) is 17.5 Å². The number of piperidine rings is 1. The molecule has 1 fully saturated rings. The number of aromatic nitrogens is 2. The smallest absolute Gasteiger partial charge is 0.224 e. The predicted octanol–water partition coefficient (Wildman–Crippen LogP) is 0.778. The minimum atomic E-state index is -0.0939. The Morgan fingerprint density at radius 3 is 2.90 bits per heavy atom. The number of nitrogens with one attached hydrogen (secondary N) is 2. The molecule has 1 aliphatic heterocycles. The lowest BCUT2D eigenvalue weighted by molar-refractivity contribution is -0.129. The summed E-state index contributed by atoms with van der Waals surface area (Å²) in [5.74, 6) is 0.292. The summed E-state index contributed by atoms with van der Waals surface area (Å²) in [5.41, 5.74) is 2.15. The summed E-state index contributed by atoms with van der Waals surface area (Å²) in [6.07, 6.45) is 1.09. The fourth-order valence-electron chi connectivity index (χ4n) is 2.60. The highest BCUT2D eigenvalue weighted by atomic mass is 16.2. The van der Waals surface area contributed by atoms with Crippen LogP contribution in [0, 0.1) is 25.7 Å². The number of hydrogen-bond acceptors (Lipinski definition) is 3. The second-order valence-corrected chi connectivity index (χ2v) is 6.00. The van der Waals surface area contributed by atoms with E-state index in [1.807, 2.05) is 18.5 Å². The third-order valence-corrected chi connectivity index (χ3v) is 3.85. The largest absolute Gasteiger partial charge is 0.355 e. The van der Waals surface area contributed by atoms with Gasteiger partial charge in [0.2, 0.25) is 11.8 Å². The molecule has 1 saturated heterocycles.